The quantitative estimate of drug-likeness (QED) is 0.0620. The number of piperidine rings is 1. The molecule has 1 saturated heterocycles. The van der Waals surface area contributed by atoms with Crippen LogP contribution >= 0.6 is 11.6 Å². The first-order valence-corrected chi connectivity index (χ1v) is 16.7. The van der Waals surface area contributed by atoms with Crippen molar-refractivity contribution >= 4 is 42.2 Å². The molecule has 0 saturated carbocycles. The summed E-state index contributed by atoms with van der Waals surface area (Å²) < 4.78 is 40.0. The van der Waals surface area contributed by atoms with Crippen LogP contribution in [0.4, 0.5) is 13.2 Å². The second-order valence-corrected chi connectivity index (χ2v) is 12.5. The number of alkyl halides is 3. The van der Waals surface area contributed by atoms with Crippen LogP contribution in [0.5, 0.6) is 0 Å². The Hall–Kier alpha value is -4.69. The number of halogens is 4. The van der Waals surface area contributed by atoms with Gasteiger partial charge in [-0.3, -0.25) is 14.5 Å². The van der Waals surface area contributed by atoms with Crippen LogP contribution in [-0.2, 0) is 24.1 Å². The Morgan fingerprint density at radius 2 is 1.69 bits per heavy atom. The van der Waals surface area contributed by atoms with Gasteiger partial charge in [0.15, 0.2) is 0 Å². The third-order valence-corrected chi connectivity index (χ3v) is 8.34. The second kappa shape index (κ2) is 18.5. The van der Waals surface area contributed by atoms with E-state index >= 15 is 0 Å². The Bertz CT molecular complexity index is 1790. The van der Waals surface area contributed by atoms with Gasteiger partial charge in [0.2, 0.25) is 0 Å². The van der Waals surface area contributed by atoms with Crippen molar-refractivity contribution in [1.29, 1.82) is 0 Å². The first kappa shape index (κ1) is 39.1. The van der Waals surface area contributed by atoms with Crippen molar-refractivity contribution in [2.24, 2.45) is 5.10 Å². The zero-order valence-electron chi connectivity index (χ0n) is 28.3. The Morgan fingerprint density at radius 1 is 0.980 bits per heavy atom. The molecule has 1 fully saturated rings. The van der Waals surface area contributed by atoms with Gasteiger partial charge >= 0.3 is 13.3 Å². The summed E-state index contributed by atoms with van der Waals surface area (Å²) in [6, 6.07) is 17.4. The van der Waals surface area contributed by atoms with Gasteiger partial charge in [-0.2, -0.15) is 18.3 Å². The molecule has 4 rings (SSSR count). The number of carbonyl (C=O) groups excluding carboxylic acids is 2. The number of hydrogen-bond donors (Lipinski definition) is 4. The van der Waals surface area contributed by atoms with Gasteiger partial charge in [-0.05, 0) is 98.0 Å². The molecule has 0 spiro atoms. The molecule has 3 aromatic carbocycles. The van der Waals surface area contributed by atoms with Crippen LogP contribution in [-0.4, -0.2) is 65.1 Å². The van der Waals surface area contributed by atoms with Gasteiger partial charge in [0.1, 0.15) is 0 Å². The van der Waals surface area contributed by atoms with Crippen molar-refractivity contribution in [3.63, 3.8) is 0 Å². The van der Waals surface area contributed by atoms with Crippen LogP contribution in [0.2, 0.25) is 5.02 Å². The van der Waals surface area contributed by atoms with E-state index in [0.29, 0.717) is 24.1 Å². The highest BCUT2D eigenvalue weighted by Gasteiger charge is 2.33. The highest BCUT2D eigenvalue weighted by molar-refractivity contribution is 6.58. The monoisotopic (exact) mass is 721 g/mol. The summed E-state index contributed by atoms with van der Waals surface area (Å²) >= 11 is 5.72. The molecule has 0 bridgehead atoms. The number of nitrogens with one attached hydrogen (secondary N) is 2. The Morgan fingerprint density at radius 3 is 2.35 bits per heavy atom. The molecule has 51 heavy (non-hydrogen) atoms. The van der Waals surface area contributed by atoms with Crippen molar-refractivity contribution in [3.05, 3.63) is 135 Å². The maximum Gasteiger partial charge on any atom is 0.488 e. The smallest absolute Gasteiger partial charge is 0.423 e. The van der Waals surface area contributed by atoms with Crippen molar-refractivity contribution in [1.82, 2.24) is 20.5 Å². The van der Waals surface area contributed by atoms with Crippen LogP contribution in [0.1, 0.15) is 58.8 Å². The first-order chi connectivity index (χ1) is 24.3. The van der Waals surface area contributed by atoms with Crippen molar-refractivity contribution < 1.29 is 32.8 Å². The van der Waals surface area contributed by atoms with E-state index in [-0.39, 0.29) is 16.8 Å². The predicted molar refractivity (Wildman–Crippen MR) is 194 cm³/mol. The molecule has 0 radical (unpaired) electrons. The molecule has 1 heterocycles. The summed E-state index contributed by atoms with van der Waals surface area (Å²) in [5.74, 6) is -1.14. The van der Waals surface area contributed by atoms with Crippen molar-refractivity contribution in [2.75, 3.05) is 20.1 Å². The van der Waals surface area contributed by atoms with E-state index in [4.69, 9.17) is 11.6 Å². The molecule has 268 valence electrons. The van der Waals surface area contributed by atoms with Crippen LogP contribution in [0, 0.1) is 0 Å². The topological polar surface area (TPSA) is 118 Å². The SMILES string of the molecule is C\C=C/C(NC(=O)c1cccc(CN(C)Cc2ccc(B(O)O)cc2)c1)=C(\C=C\N1CCCCC1)C(=O)N/N=C/c1ccc(Cl)c(C(F)(F)F)c1. The van der Waals surface area contributed by atoms with Gasteiger partial charge in [0, 0.05) is 31.7 Å². The number of likely N-dealkylation sites (tertiary alicyclic amines) is 1. The molecule has 14 heteroatoms. The number of hydrogen-bond acceptors (Lipinski definition) is 7. The third kappa shape index (κ3) is 12.0. The van der Waals surface area contributed by atoms with Gasteiger partial charge in [0.25, 0.3) is 11.8 Å². The number of hydrazone groups is 1. The predicted octanol–water partition coefficient (Wildman–Crippen LogP) is 5.38. The lowest BCUT2D eigenvalue weighted by Gasteiger charge is -2.25. The van der Waals surface area contributed by atoms with E-state index in [1.54, 1.807) is 61.7 Å². The zero-order chi connectivity index (χ0) is 37.0. The second-order valence-electron chi connectivity index (χ2n) is 12.1. The van der Waals surface area contributed by atoms with Gasteiger partial charge in [-0.15, -0.1) is 0 Å². The fraction of sp³-hybridized carbons (Fsp3) is 0.270. The summed E-state index contributed by atoms with van der Waals surface area (Å²) in [4.78, 5) is 31.2. The molecule has 0 aromatic heterocycles. The Kier molecular flexibility index (Phi) is 14.2. The fourth-order valence-electron chi connectivity index (χ4n) is 5.45. The van der Waals surface area contributed by atoms with Crippen molar-refractivity contribution in [2.45, 2.75) is 45.5 Å². The number of rotatable bonds is 13. The average molecular weight is 722 g/mol. The normalized spacial score (nSPS) is 14.4. The van der Waals surface area contributed by atoms with Crippen LogP contribution in [0.3, 0.4) is 0 Å². The molecule has 2 amide bonds. The summed E-state index contributed by atoms with van der Waals surface area (Å²) in [5, 5.41) is 25.0. The van der Waals surface area contributed by atoms with E-state index in [1.165, 1.54) is 6.07 Å². The summed E-state index contributed by atoms with van der Waals surface area (Å²) in [6.45, 7) is 4.46. The molecule has 1 aliphatic heterocycles. The van der Waals surface area contributed by atoms with Gasteiger partial charge in [-0.25, -0.2) is 5.43 Å². The first-order valence-electron chi connectivity index (χ1n) is 16.4. The zero-order valence-corrected chi connectivity index (χ0v) is 29.1. The number of nitrogens with zero attached hydrogens (tertiary/aromatic N) is 3. The van der Waals surface area contributed by atoms with E-state index in [2.05, 4.69) is 25.6 Å². The molecule has 4 N–H and O–H groups in total. The van der Waals surface area contributed by atoms with Crippen LogP contribution < -0.4 is 16.2 Å². The highest BCUT2D eigenvalue weighted by Crippen LogP contribution is 2.34. The summed E-state index contributed by atoms with van der Waals surface area (Å²) in [7, 11) is 0.399. The van der Waals surface area contributed by atoms with Gasteiger partial charge in [0.05, 0.1) is 28.1 Å². The number of amides is 2. The molecule has 0 atom stereocenters. The van der Waals surface area contributed by atoms with E-state index in [0.717, 1.165) is 61.8 Å². The molecule has 0 aliphatic carbocycles. The van der Waals surface area contributed by atoms with Crippen molar-refractivity contribution in [3.8, 4) is 0 Å². The van der Waals surface area contributed by atoms with E-state index in [9.17, 15) is 32.8 Å². The molecule has 1 aliphatic rings. The van der Waals surface area contributed by atoms with E-state index in [1.807, 2.05) is 25.2 Å². The summed E-state index contributed by atoms with van der Waals surface area (Å²) in [5.41, 5.74) is 4.34. The lowest BCUT2D eigenvalue weighted by atomic mass is 9.80. The maximum atomic E-state index is 13.6. The maximum absolute atomic E-state index is 13.6. The minimum absolute atomic E-state index is 0.0772. The number of allylic oxidation sites excluding steroid dienone is 2. The standard InChI is InChI=1S/C37H40BClF3N5O4/c1-3-8-34(44-35(48)29-10-7-9-28(21-29)25-46(2)24-26-11-14-30(15-12-26)38(50)51)31(17-20-47-18-5-4-6-19-47)36(49)45-43-23-27-13-16-33(39)32(22-27)37(40,41)42/h3,7-17,20-23,50-51H,4-6,18-19,24-25H2,1-2H3,(H,44,48)(H,45,49)/b8-3-,20-17+,34-31-,43-23+. The highest BCUT2D eigenvalue weighted by atomic mass is 35.5. The lowest BCUT2D eigenvalue weighted by Crippen LogP contribution is -2.29. The van der Waals surface area contributed by atoms with E-state index < -0.39 is 35.7 Å². The fourth-order valence-corrected chi connectivity index (χ4v) is 5.67. The Balaban J connectivity index is 1.54. The third-order valence-electron chi connectivity index (χ3n) is 8.01. The number of carbonyl (C=O) groups is 2. The van der Waals surface area contributed by atoms with Crippen LogP contribution in [0.25, 0.3) is 0 Å². The molecule has 9 nitrogen and oxygen atoms in total. The van der Waals surface area contributed by atoms with Gasteiger partial charge in [-0.1, -0.05) is 60.1 Å². The Labute approximate surface area is 300 Å². The summed E-state index contributed by atoms with van der Waals surface area (Å²) in [6.07, 6.45) is 6.19. The molecule has 3 aromatic rings. The lowest BCUT2D eigenvalue weighted by molar-refractivity contribution is -0.137. The van der Waals surface area contributed by atoms with Crippen LogP contribution in [0.15, 0.2) is 108 Å². The minimum atomic E-state index is -4.66. The largest absolute Gasteiger partial charge is 0.488 e. The minimum Gasteiger partial charge on any atom is -0.423 e. The number of benzene rings is 3. The molecular formula is C37H40BClF3N5O4. The average Bonchev–Trinajstić information content (AvgIpc) is 3.09. The van der Waals surface area contributed by atoms with Gasteiger partial charge < -0.3 is 20.3 Å². The molecular weight excluding hydrogens is 682 g/mol. The molecule has 0 unspecified atom stereocenters.